The second-order valence-electron chi connectivity index (χ2n) is 6.92. The van der Waals surface area contributed by atoms with Crippen LogP contribution in [0.2, 0.25) is 0 Å². The molecule has 1 rings (SSSR count). The third kappa shape index (κ3) is 10.6. The van der Waals surface area contributed by atoms with Crippen LogP contribution in [0.4, 0.5) is 0 Å². The van der Waals surface area contributed by atoms with Crippen LogP contribution in [0.5, 0.6) is 0 Å². The second kappa shape index (κ2) is 14.3. The Bertz CT molecular complexity index is 551. The first kappa shape index (κ1) is 24.3. The Morgan fingerprint density at radius 1 is 1.11 bits per heavy atom. The number of allylic oxidation sites excluding steroid dienone is 4. The largest absolute Gasteiger partial charge is 0.481 e. The number of aliphatic carboxylic acids is 1. The lowest BCUT2D eigenvalue weighted by molar-refractivity contribution is -0.136. The van der Waals surface area contributed by atoms with Gasteiger partial charge in [0.05, 0.1) is 30.5 Å². The Balaban J connectivity index is 2.33. The number of carboxylic acid groups (broad SMARTS) is 1. The number of carboxylic acids is 1. The molecule has 6 nitrogen and oxygen atoms in total. The van der Waals surface area contributed by atoms with Crippen LogP contribution < -0.4 is 0 Å². The van der Waals surface area contributed by atoms with Gasteiger partial charge in [-0.1, -0.05) is 55.5 Å². The lowest BCUT2D eigenvalue weighted by Crippen LogP contribution is -2.24. The summed E-state index contributed by atoms with van der Waals surface area (Å²) in [5, 5.41) is 38.8. The third-order valence-corrected chi connectivity index (χ3v) is 4.44. The maximum absolute atomic E-state index is 10.4. The van der Waals surface area contributed by atoms with Gasteiger partial charge in [0.2, 0.25) is 0 Å². The van der Waals surface area contributed by atoms with E-state index in [0.29, 0.717) is 25.7 Å². The van der Waals surface area contributed by atoms with Crippen molar-refractivity contribution in [1.82, 2.24) is 0 Å². The summed E-state index contributed by atoms with van der Waals surface area (Å²) < 4.78 is 5.76. The van der Waals surface area contributed by atoms with Crippen molar-refractivity contribution in [2.24, 2.45) is 0 Å². The van der Waals surface area contributed by atoms with Crippen LogP contribution in [0, 0.1) is 0 Å². The van der Waals surface area contributed by atoms with Crippen LogP contribution in [-0.4, -0.2) is 56.9 Å². The average molecular weight is 395 g/mol. The molecule has 1 aliphatic heterocycles. The zero-order valence-corrected chi connectivity index (χ0v) is 16.6. The molecule has 0 radical (unpaired) electrons. The first-order valence-corrected chi connectivity index (χ1v) is 9.98. The van der Waals surface area contributed by atoms with Gasteiger partial charge >= 0.3 is 5.97 Å². The Morgan fingerprint density at radius 2 is 1.86 bits per heavy atom. The van der Waals surface area contributed by atoms with Crippen LogP contribution in [0.1, 0.15) is 51.9 Å². The molecule has 0 aromatic carbocycles. The van der Waals surface area contributed by atoms with Gasteiger partial charge < -0.3 is 25.2 Å². The molecule has 1 fully saturated rings. The molecule has 0 amide bonds. The highest BCUT2D eigenvalue weighted by molar-refractivity contribution is 5.66. The Morgan fingerprint density at radius 3 is 2.57 bits per heavy atom. The van der Waals surface area contributed by atoms with Gasteiger partial charge in [-0.15, -0.1) is 0 Å². The molecule has 1 heterocycles. The van der Waals surface area contributed by atoms with Crippen LogP contribution in [0.3, 0.4) is 0 Å². The van der Waals surface area contributed by atoms with Crippen molar-refractivity contribution < 1.29 is 30.0 Å². The van der Waals surface area contributed by atoms with Crippen LogP contribution >= 0.6 is 0 Å². The Hall–Kier alpha value is -1.73. The average Bonchev–Trinajstić information content (AvgIpc) is 3.03. The smallest absolute Gasteiger partial charge is 0.303 e. The Kier molecular flexibility index (Phi) is 12.4. The topological polar surface area (TPSA) is 107 Å². The highest BCUT2D eigenvalue weighted by Gasteiger charge is 2.36. The molecule has 4 N–H and O–H groups in total. The number of ether oxygens (including phenoxy) is 1. The molecule has 6 heteroatoms. The minimum Gasteiger partial charge on any atom is -0.481 e. The molecule has 0 aliphatic carbocycles. The number of aliphatic hydroxyl groups is 3. The summed E-state index contributed by atoms with van der Waals surface area (Å²) in [6, 6.07) is 0. The molecule has 0 aromatic rings. The lowest BCUT2D eigenvalue weighted by Gasteiger charge is -2.16. The molecule has 1 saturated heterocycles. The number of hydrogen-bond acceptors (Lipinski definition) is 5. The molecule has 0 saturated carbocycles. The number of carbonyl (C=O) groups is 1. The third-order valence-electron chi connectivity index (χ3n) is 4.44. The van der Waals surface area contributed by atoms with Crippen molar-refractivity contribution in [2.75, 3.05) is 0 Å². The molecule has 0 bridgehead atoms. The lowest BCUT2D eigenvalue weighted by atomic mass is 10.0. The summed E-state index contributed by atoms with van der Waals surface area (Å²) in [4.78, 5) is 10.4. The van der Waals surface area contributed by atoms with Gasteiger partial charge in [0, 0.05) is 12.8 Å². The number of aliphatic hydroxyl groups excluding tert-OH is 3. The molecular formula is C22H34O6. The van der Waals surface area contributed by atoms with E-state index < -0.39 is 30.4 Å². The fourth-order valence-corrected chi connectivity index (χ4v) is 2.87. The molecule has 1 aliphatic rings. The summed E-state index contributed by atoms with van der Waals surface area (Å²) in [6.45, 7) is 2.08. The molecule has 158 valence electrons. The van der Waals surface area contributed by atoms with Crippen LogP contribution in [0.25, 0.3) is 0 Å². The van der Waals surface area contributed by atoms with Gasteiger partial charge in [0.1, 0.15) is 0 Å². The van der Waals surface area contributed by atoms with E-state index in [9.17, 15) is 20.1 Å². The molecule has 28 heavy (non-hydrogen) atoms. The molecule has 0 spiro atoms. The molecule has 5 atom stereocenters. The van der Waals surface area contributed by atoms with Gasteiger partial charge in [0.25, 0.3) is 0 Å². The monoisotopic (exact) mass is 394 g/mol. The minimum absolute atomic E-state index is 0.0638. The number of rotatable bonds is 13. The fraction of sp³-hybridized carbons (Fsp3) is 0.591. The second-order valence-corrected chi connectivity index (χ2v) is 6.92. The highest BCUT2D eigenvalue weighted by Crippen LogP contribution is 2.26. The highest BCUT2D eigenvalue weighted by atomic mass is 16.5. The quantitative estimate of drug-likeness (QED) is 0.358. The summed E-state index contributed by atoms with van der Waals surface area (Å²) in [5.41, 5.74) is 0. The summed E-state index contributed by atoms with van der Waals surface area (Å²) in [6.07, 6.45) is 15.2. The van der Waals surface area contributed by atoms with E-state index in [-0.39, 0.29) is 12.5 Å². The van der Waals surface area contributed by atoms with Gasteiger partial charge in [-0.2, -0.15) is 0 Å². The van der Waals surface area contributed by atoms with Crippen LogP contribution in [-0.2, 0) is 9.53 Å². The van der Waals surface area contributed by atoms with Crippen molar-refractivity contribution in [3.05, 3.63) is 48.6 Å². The van der Waals surface area contributed by atoms with Gasteiger partial charge in [-0.05, 0) is 32.1 Å². The van der Waals surface area contributed by atoms with E-state index in [4.69, 9.17) is 9.84 Å². The van der Waals surface area contributed by atoms with E-state index in [1.54, 1.807) is 12.2 Å². The van der Waals surface area contributed by atoms with Crippen LogP contribution in [0.15, 0.2) is 48.6 Å². The zero-order chi connectivity index (χ0) is 20.8. The predicted octanol–water partition coefficient (Wildman–Crippen LogP) is 2.90. The maximum atomic E-state index is 10.4. The Labute approximate surface area is 167 Å². The van der Waals surface area contributed by atoms with E-state index in [1.807, 2.05) is 12.2 Å². The molecule has 0 unspecified atom stereocenters. The molecular weight excluding hydrogens is 360 g/mol. The first-order valence-electron chi connectivity index (χ1n) is 9.98. The van der Waals surface area contributed by atoms with E-state index in [2.05, 4.69) is 19.1 Å². The van der Waals surface area contributed by atoms with E-state index >= 15 is 0 Å². The van der Waals surface area contributed by atoms with E-state index in [1.165, 1.54) is 12.2 Å². The van der Waals surface area contributed by atoms with Crippen molar-refractivity contribution in [2.45, 2.75) is 82.4 Å². The zero-order valence-electron chi connectivity index (χ0n) is 16.6. The summed E-state index contributed by atoms with van der Waals surface area (Å²) in [5.74, 6) is -0.853. The van der Waals surface area contributed by atoms with Crippen molar-refractivity contribution in [3.63, 3.8) is 0 Å². The minimum atomic E-state index is -0.901. The van der Waals surface area contributed by atoms with E-state index in [0.717, 1.165) is 12.8 Å². The summed E-state index contributed by atoms with van der Waals surface area (Å²) in [7, 11) is 0. The van der Waals surface area contributed by atoms with Crippen molar-refractivity contribution in [3.8, 4) is 0 Å². The van der Waals surface area contributed by atoms with Gasteiger partial charge in [-0.3, -0.25) is 4.79 Å². The summed E-state index contributed by atoms with van der Waals surface area (Å²) >= 11 is 0. The van der Waals surface area contributed by atoms with Gasteiger partial charge in [0.15, 0.2) is 0 Å². The molecule has 0 aromatic heterocycles. The predicted molar refractivity (Wildman–Crippen MR) is 109 cm³/mol. The fourth-order valence-electron chi connectivity index (χ4n) is 2.87. The number of hydrogen-bond donors (Lipinski definition) is 4. The van der Waals surface area contributed by atoms with Gasteiger partial charge in [-0.25, -0.2) is 0 Å². The SMILES string of the molecule is CC/C=C\C/C=C\C[C@@H]1O[C@@H]([C@H](O)/C=C/[C@@H](O)C/C=C\CCC(=O)O)C[C@@H]1O. The van der Waals surface area contributed by atoms with Crippen molar-refractivity contribution >= 4 is 5.97 Å². The first-order chi connectivity index (χ1) is 13.4. The normalized spacial score (nSPS) is 25.5. The standard InChI is InChI=1S/C22H34O6/c1-2-3-4-5-6-9-12-20-19(25)16-21(28-20)18(24)15-14-17(23)11-8-7-10-13-22(26)27/h3-4,6-9,14-15,17-21,23-25H,2,5,10-13,16H2,1H3,(H,26,27)/b4-3-,8-7-,9-6-,15-14+/t17-,18+,19-,20-,21+/m0/s1. The maximum Gasteiger partial charge on any atom is 0.303 e. The van der Waals surface area contributed by atoms with Crippen molar-refractivity contribution in [1.29, 1.82) is 0 Å².